The Labute approximate surface area is 264 Å². The van der Waals surface area contributed by atoms with Crippen molar-refractivity contribution in [3.63, 3.8) is 0 Å². The van der Waals surface area contributed by atoms with Crippen LogP contribution in [0, 0.1) is 23.7 Å². The minimum absolute atomic E-state index is 0.0809. The Balaban J connectivity index is 1.63. The van der Waals surface area contributed by atoms with E-state index in [0.717, 1.165) is 18.6 Å². The fraction of sp³-hybridized carbons (Fsp3) is 0.394. The number of phenols is 1. The number of hydrogen-bond acceptors (Lipinski definition) is 7. The lowest BCUT2D eigenvalue weighted by molar-refractivity contribution is -0.137. The fourth-order valence-corrected chi connectivity index (χ4v) is 6.09. The van der Waals surface area contributed by atoms with Gasteiger partial charge in [-0.25, -0.2) is 4.98 Å². The van der Waals surface area contributed by atoms with Crippen LogP contribution in [-0.4, -0.2) is 37.1 Å². The Hall–Kier alpha value is -4.37. The van der Waals surface area contributed by atoms with Gasteiger partial charge in [-0.15, -0.1) is 0 Å². The molecule has 1 saturated carbocycles. The third kappa shape index (κ3) is 6.83. The minimum Gasteiger partial charge on any atom is -0.507 e. The fourth-order valence-electron chi connectivity index (χ4n) is 5.81. The second kappa shape index (κ2) is 13.3. The summed E-state index contributed by atoms with van der Waals surface area (Å²) in [5.41, 5.74) is -0.970. The molecule has 1 aliphatic rings. The van der Waals surface area contributed by atoms with E-state index in [1.165, 1.54) is 12.1 Å². The molecule has 1 aromatic heterocycles. The second-order valence-corrected chi connectivity index (χ2v) is 11.9. The topological polar surface area (TPSA) is 134 Å². The molecule has 12 heteroatoms. The number of carbonyl (C=O) groups excluding carboxylic acids is 1. The maximum atomic E-state index is 13.8. The van der Waals surface area contributed by atoms with Crippen molar-refractivity contribution >= 4 is 34.4 Å². The van der Waals surface area contributed by atoms with Gasteiger partial charge in [-0.05, 0) is 88.3 Å². The molecule has 3 N–H and O–H groups in total. The molecular formula is C33H34F3N5O3S. The molecule has 1 aliphatic carbocycles. The number of halogens is 3. The van der Waals surface area contributed by atoms with E-state index in [1.807, 2.05) is 6.92 Å². The van der Waals surface area contributed by atoms with E-state index in [4.69, 9.17) is 22.9 Å². The van der Waals surface area contributed by atoms with Crippen molar-refractivity contribution in [1.29, 1.82) is 10.7 Å². The number of carbonyl (C=O) groups is 1. The number of phenolic OH excluding ortho intramolecular Hbond substituents is 1. The zero-order valence-electron chi connectivity index (χ0n) is 25.3. The predicted molar refractivity (Wildman–Crippen MR) is 170 cm³/mol. The molecular weight excluding hydrogens is 603 g/mol. The number of alkyl halides is 3. The highest BCUT2D eigenvalue weighted by atomic mass is 32.1. The van der Waals surface area contributed by atoms with Crippen LogP contribution in [0.4, 0.5) is 18.9 Å². The summed E-state index contributed by atoms with van der Waals surface area (Å²) in [6.07, 6.45) is -1.10. The van der Waals surface area contributed by atoms with Crippen LogP contribution in [0.3, 0.4) is 0 Å². The van der Waals surface area contributed by atoms with Crippen molar-refractivity contribution in [2.75, 3.05) is 4.90 Å². The first kappa shape index (κ1) is 33.5. The quantitative estimate of drug-likeness (QED) is 0.150. The van der Waals surface area contributed by atoms with Crippen LogP contribution >= 0.6 is 12.2 Å². The summed E-state index contributed by atoms with van der Waals surface area (Å²) in [7, 11) is 0. The van der Waals surface area contributed by atoms with Crippen molar-refractivity contribution in [3.8, 4) is 23.2 Å². The average Bonchev–Trinajstić information content (AvgIpc) is 2.96. The Morgan fingerprint density at radius 1 is 1.22 bits per heavy atom. The number of aromatic hydroxyl groups is 1. The molecule has 1 fully saturated rings. The maximum absolute atomic E-state index is 13.8. The van der Waals surface area contributed by atoms with Crippen molar-refractivity contribution in [2.24, 2.45) is 0 Å². The number of ketones is 1. The lowest BCUT2D eigenvalue weighted by atomic mass is 9.70. The molecule has 0 saturated heterocycles. The van der Waals surface area contributed by atoms with Crippen molar-refractivity contribution in [1.82, 2.24) is 9.97 Å². The maximum Gasteiger partial charge on any atom is 0.417 e. The molecule has 0 aliphatic heterocycles. The summed E-state index contributed by atoms with van der Waals surface area (Å²) in [5, 5.41) is 28.2. The van der Waals surface area contributed by atoms with Crippen LogP contribution < -0.4 is 10.5 Å². The van der Waals surface area contributed by atoms with Crippen LogP contribution in [0.5, 0.6) is 5.75 Å². The van der Waals surface area contributed by atoms with E-state index in [2.05, 4.69) is 9.97 Å². The standard InChI is InChI=1S/C33H34F3N5O3S/c1-4-7-26(38)29-19(2)31(44)40-30(39-29)24-17-23(12-13-27(24)42)41(20(3)45)32(14-6-15-32)28(43)9-5-8-21-10-11-22(18-37)25(16-21)33(34,35)36/h10-13,16-17,38,42H,4-9,14-15H2,1-3H3,(H,39,40,44). The predicted octanol–water partition coefficient (Wildman–Crippen LogP) is 7.18. The highest BCUT2D eigenvalue weighted by Crippen LogP contribution is 2.44. The largest absolute Gasteiger partial charge is 0.507 e. The molecule has 0 spiro atoms. The van der Waals surface area contributed by atoms with Crippen LogP contribution in [0.1, 0.15) is 86.7 Å². The third-order valence-corrected chi connectivity index (χ3v) is 8.44. The molecule has 0 unspecified atom stereocenters. The van der Waals surface area contributed by atoms with Crippen LogP contribution in [-0.2, 0) is 17.4 Å². The number of H-pyrrole nitrogens is 1. The molecule has 236 valence electrons. The summed E-state index contributed by atoms with van der Waals surface area (Å²) in [6, 6.07) is 9.84. The van der Waals surface area contributed by atoms with Gasteiger partial charge in [0.25, 0.3) is 5.56 Å². The van der Waals surface area contributed by atoms with Gasteiger partial charge in [0, 0.05) is 17.7 Å². The highest BCUT2D eigenvalue weighted by molar-refractivity contribution is 7.80. The van der Waals surface area contributed by atoms with Crippen LogP contribution in [0.2, 0.25) is 0 Å². The number of aromatic nitrogens is 2. The van der Waals surface area contributed by atoms with Gasteiger partial charge in [0.2, 0.25) is 0 Å². The molecule has 0 radical (unpaired) electrons. The number of rotatable bonds is 11. The van der Waals surface area contributed by atoms with Crippen LogP contribution in [0.25, 0.3) is 11.4 Å². The monoisotopic (exact) mass is 637 g/mol. The summed E-state index contributed by atoms with van der Waals surface area (Å²) in [5.74, 6) is -0.179. The Morgan fingerprint density at radius 3 is 2.51 bits per heavy atom. The first-order valence-corrected chi connectivity index (χ1v) is 15.1. The minimum atomic E-state index is -4.66. The van der Waals surface area contributed by atoms with Crippen molar-refractivity contribution in [3.05, 3.63) is 74.7 Å². The van der Waals surface area contributed by atoms with Gasteiger partial charge in [0.05, 0.1) is 39.2 Å². The lowest BCUT2D eigenvalue weighted by Crippen LogP contribution is -2.61. The number of aryl methyl sites for hydroxylation is 1. The number of thiocarbonyl (C=S) groups is 1. The van der Waals surface area contributed by atoms with Gasteiger partial charge in [0.15, 0.2) is 5.78 Å². The van der Waals surface area contributed by atoms with Gasteiger partial charge >= 0.3 is 6.18 Å². The molecule has 45 heavy (non-hydrogen) atoms. The van der Waals surface area contributed by atoms with Crippen molar-refractivity contribution in [2.45, 2.75) is 83.9 Å². The first-order chi connectivity index (χ1) is 21.2. The summed E-state index contributed by atoms with van der Waals surface area (Å²) >= 11 is 5.62. The van der Waals surface area contributed by atoms with E-state index in [0.29, 0.717) is 53.9 Å². The van der Waals surface area contributed by atoms with E-state index in [9.17, 15) is 27.9 Å². The number of aromatic amines is 1. The lowest BCUT2D eigenvalue weighted by Gasteiger charge is -2.50. The normalized spacial score (nSPS) is 13.9. The van der Waals surface area contributed by atoms with E-state index < -0.39 is 28.4 Å². The number of nitriles is 1. The van der Waals surface area contributed by atoms with Gasteiger partial charge in [-0.2, -0.15) is 18.4 Å². The number of nitrogens with one attached hydrogen (secondary N) is 2. The number of nitrogens with zero attached hydrogens (tertiary/aromatic N) is 3. The van der Waals surface area contributed by atoms with Gasteiger partial charge in [-0.3, -0.25) is 9.59 Å². The Bertz CT molecular complexity index is 1760. The molecule has 0 bridgehead atoms. The molecule has 4 rings (SSSR count). The molecule has 2 aromatic carbocycles. The summed E-state index contributed by atoms with van der Waals surface area (Å²) in [6.45, 7) is 5.20. The number of anilines is 1. The van der Waals surface area contributed by atoms with Crippen LogP contribution in [0.15, 0.2) is 41.2 Å². The first-order valence-electron chi connectivity index (χ1n) is 14.7. The average molecular weight is 638 g/mol. The molecule has 1 heterocycles. The SMILES string of the molecule is CCCC(=N)c1nc(-c2cc(N(C(C)=S)C3(C(=O)CCCc4ccc(C#N)c(C(F)(F)F)c4)CCC3)ccc2O)[nH]c(=O)c1C. The second-order valence-electron chi connectivity index (χ2n) is 11.3. The number of Topliss-reactive ketones (excluding diaryl/α,β-unsaturated/α-hetero) is 1. The summed E-state index contributed by atoms with van der Waals surface area (Å²) in [4.78, 5) is 36.0. The zero-order valence-corrected chi connectivity index (χ0v) is 26.1. The van der Waals surface area contributed by atoms with Crippen molar-refractivity contribution < 1.29 is 23.1 Å². The van der Waals surface area contributed by atoms with E-state index in [-0.39, 0.29) is 47.2 Å². The van der Waals surface area contributed by atoms with E-state index in [1.54, 1.807) is 36.9 Å². The van der Waals surface area contributed by atoms with E-state index >= 15 is 0 Å². The van der Waals surface area contributed by atoms with Gasteiger partial charge < -0.3 is 20.4 Å². The third-order valence-electron chi connectivity index (χ3n) is 8.25. The molecule has 0 amide bonds. The van der Waals surface area contributed by atoms with Gasteiger partial charge in [0.1, 0.15) is 17.1 Å². The highest BCUT2D eigenvalue weighted by Gasteiger charge is 2.49. The number of hydrogen-bond donors (Lipinski definition) is 3. The number of benzene rings is 2. The Morgan fingerprint density at radius 2 is 1.93 bits per heavy atom. The summed E-state index contributed by atoms with van der Waals surface area (Å²) < 4.78 is 40.3. The molecule has 3 aromatic rings. The zero-order chi connectivity index (χ0) is 33.1. The van der Waals surface area contributed by atoms with Gasteiger partial charge in [-0.1, -0.05) is 31.6 Å². The smallest absolute Gasteiger partial charge is 0.417 e. The molecule has 0 atom stereocenters. The Kier molecular flexibility index (Phi) is 9.92. The molecule has 8 nitrogen and oxygen atoms in total.